The van der Waals surface area contributed by atoms with E-state index in [9.17, 15) is 0 Å². The summed E-state index contributed by atoms with van der Waals surface area (Å²) in [7, 11) is 0. The van der Waals surface area contributed by atoms with Crippen molar-refractivity contribution in [3.63, 3.8) is 0 Å². The van der Waals surface area contributed by atoms with Gasteiger partial charge >= 0.3 is 0 Å². The van der Waals surface area contributed by atoms with Crippen molar-refractivity contribution in [1.29, 1.82) is 0 Å². The van der Waals surface area contributed by atoms with Crippen molar-refractivity contribution in [2.24, 2.45) is 17.6 Å². The summed E-state index contributed by atoms with van der Waals surface area (Å²) in [5.74, 6) is 3.87. The largest absolute Gasteiger partial charge is 0.330 e. The molecule has 1 nitrogen and oxygen atoms in total. The molecule has 0 spiro atoms. The van der Waals surface area contributed by atoms with E-state index in [0.717, 1.165) is 29.5 Å². The van der Waals surface area contributed by atoms with E-state index in [-0.39, 0.29) is 0 Å². The van der Waals surface area contributed by atoms with Crippen molar-refractivity contribution < 1.29 is 0 Å². The first kappa shape index (κ1) is 15.4. The SMILES string of the molecule is NCC1CCC(c2ccccc2)CC1SCC1CCCC1. The average molecular weight is 304 g/mol. The summed E-state index contributed by atoms with van der Waals surface area (Å²) in [5, 5.41) is 0.787. The predicted octanol–water partition coefficient (Wildman–Crippen LogP) is 4.82. The van der Waals surface area contributed by atoms with Crippen molar-refractivity contribution in [2.75, 3.05) is 12.3 Å². The second-order valence-corrected chi connectivity index (χ2v) is 8.21. The van der Waals surface area contributed by atoms with Gasteiger partial charge in [-0.2, -0.15) is 11.8 Å². The Morgan fingerprint density at radius 3 is 2.48 bits per heavy atom. The molecule has 0 aromatic heterocycles. The lowest BCUT2D eigenvalue weighted by Crippen LogP contribution is -2.32. The maximum absolute atomic E-state index is 6.05. The first-order valence-electron chi connectivity index (χ1n) is 8.73. The zero-order valence-electron chi connectivity index (χ0n) is 13.0. The summed E-state index contributed by atoms with van der Waals surface area (Å²) in [5.41, 5.74) is 7.59. The molecule has 1 aromatic carbocycles. The maximum Gasteiger partial charge on any atom is 0.00932 e. The van der Waals surface area contributed by atoms with Crippen LogP contribution in [0.2, 0.25) is 0 Å². The molecule has 0 saturated heterocycles. The molecule has 2 aliphatic carbocycles. The highest BCUT2D eigenvalue weighted by atomic mass is 32.2. The highest BCUT2D eigenvalue weighted by molar-refractivity contribution is 7.99. The molecule has 0 aliphatic heterocycles. The number of nitrogens with two attached hydrogens (primary N) is 1. The van der Waals surface area contributed by atoms with Crippen LogP contribution in [0.5, 0.6) is 0 Å². The lowest BCUT2D eigenvalue weighted by molar-refractivity contribution is 0.343. The molecule has 1 aromatic rings. The smallest absolute Gasteiger partial charge is 0.00932 e. The van der Waals surface area contributed by atoms with E-state index in [0.29, 0.717) is 0 Å². The van der Waals surface area contributed by atoms with Gasteiger partial charge < -0.3 is 5.73 Å². The van der Waals surface area contributed by atoms with E-state index in [4.69, 9.17) is 5.73 Å². The quantitative estimate of drug-likeness (QED) is 0.844. The molecule has 0 bridgehead atoms. The number of benzene rings is 1. The van der Waals surface area contributed by atoms with E-state index in [2.05, 4.69) is 42.1 Å². The van der Waals surface area contributed by atoms with Crippen LogP contribution < -0.4 is 5.73 Å². The fraction of sp³-hybridized carbons (Fsp3) is 0.684. The molecule has 3 rings (SSSR count). The molecule has 0 radical (unpaired) electrons. The molecule has 21 heavy (non-hydrogen) atoms. The lowest BCUT2D eigenvalue weighted by Gasteiger charge is -2.36. The molecule has 2 N–H and O–H groups in total. The van der Waals surface area contributed by atoms with Crippen LogP contribution in [0.3, 0.4) is 0 Å². The fourth-order valence-corrected chi connectivity index (χ4v) is 5.87. The van der Waals surface area contributed by atoms with Gasteiger partial charge in [-0.05, 0) is 67.7 Å². The second kappa shape index (κ2) is 7.69. The monoisotopic (exact) mass is 303 g/mol. The molecule has 0 heterocycles. The highest BCUT2D eigenvalue weighted by Gasteiger charge is 2.31. The van der Waals surface area contributed by atoms with Crippen molar-refractivity contribution in [1.82, 2.24) is 0 Å². The zero-order valence-corrected chi connectivity index (χ0v) is 13.9. The molecule has 0 amide bonds. The van der Waals surface area contributed by atoms with Crippen LogP contribution >= 0.6 is 11.8 Å². The average Bonchev–Trinajstić information content (AvgIpc) is 3.07. The molecule has 3 atom stereocenters. The van der Waals surface area contributed by atoms with Gasteiger partial charge in [-0.1, -0.05) is 43.2 Å². The van der Waals surface area contributed by atoms with Crippen LogP contribution in [0.1, 0.15) is 56.4 Å². The van der Waals surface area contributed by atoms with E-state index >= 15 is 0 Å². The summed E-state index contributed by atoms with van der Waals surface area (Å²) in [6.07, 6.45) is 9.84. The van der Waals surface area contributed by atoms with Gasteiger partial charge in [0.25, 0.3) is 0 Å². The minimum Gasteiger partial charge on any atom is -0.330 e. The molecular formula is C19H29NS. The summed E-state index contributed by atoms with van der Waals surface area (Å²) in [6, 6.07) is 11.1. The third-order valence-corrected chi connectivity index (χ3v) is 7.19. The van der Waals surface area contributed by atoms with E-state index < -0.39 is 0 Å². The Kier molecular flexibility index (Phi) is 5.65. The van der Waals surface area contributed by atoms with E-state index in [1.165, 1.54) is 50.7 Å². The van der Waals surface area contributed by atoms with Crippen LogP contribution in [0.15, 0.2) is 30.3 Å². The van der Waals surface area contributed by atoms with Gasteiger partial charge in [0.05, 0.1) is 0 Å². The number of rotatable bonds is 5. The van der Waals surface area contributed by atoms with Gasteiger partial charge in [0.2, 0.25) is 0 Å². The summed E-state index contributed by atoms with van der Waals surface area (Å²) < 4.78 is 0. The van der Waals surface area contributed by atoms with Gasteiger partial charge in [0, 0.05) is 5.25 Å². The van der Waals surface area contributed by atoms with Crippen LogP contribution in [0, 0.1) is 11.8 Å². The van der Waals surface area contributed by atoms with Gasteiger partial charge in [-0.25, -0.2) is 0 Å². The minimum atomic E-state index is 0.747. The number of hydrogen-bond acceptors (Lipinski definition) is 2. The van der Waals surface area contributed by atoms with Crippen LogP contribution in [-0.2, 0) is 0 Å². The first-order chi connectivity index (χ1) is 10.4. The third-order valence-electron chi connectivity index (χ3n) is 5.52. The Labute approximate surface area is 134 Å². The molecule has 2 heteroatoms. The van der Waals surface area contributed by atoms with Crippen molar-refractivity contribution in [3.05, 3.63) is 35.9 Å². The summed E-state index contributed by atoms with van der Waals surface area (Å²) in [6.45, 7) is 0.879. The second-order valence-electron chi connectivity index (χ2n) is 6.94. The van der Waals surface area contributed by atoms with Crippen LogP contribution in [0.4, 0.5) is 0 Å². The number of hydrogen-bond donors (Lipinski definition) is 1. The molecular weight excluding hydrogens is 274 g/mol. The standard InChI is InChI=1S/C19H29NS/c20-13-18-11-10-17(16-8-2-1-3-9-16)12-19(18)21-14-15-6-4-5-7-15/h1-3,8-9,15,17-19H,4-7,10-14,20H2. The Morgan fingerprint density at radius 1 is 1.00 bits per heavy atom. The Morgan fingerprint density at radius 2 is 1.76 bits per heavy atom. The van der Waals surface area contributed by atoms with E-state index in [1.54, 1.807) is 5.56 Å². The van der Waals surface area contributed by atoms with Crippen molar-refractivity contribution in [2.45, 2.75) is 56.1 Å². The van der Waals surface area contributed by atoms with Crippen LogP contribution in [-0.4, -0.2) is 17.5 Å². The van der Waals surface area contributed by atoms with Crippen LogP contribution in [0.25, 0.3) is 0 Å². The molecule has 2 aliphatic rings. The Balaban J connectivity index is 1.58. The zero-order chi connectivity index (χ0) is 14.5. The molecule has 2 saturated carbocycles. The molecule has 2 fully saturated rings. The van der Waals surface area contributed by atoms with E-state index in [1.807, 2.05) is 0 Å². The van der Waals surface area contributed by atoms with Crippen molar-refractivity contribution in [3.8, 4) is 0 Å². The summed E-state index contributed by atoms with van der Waals surface area (Å²) in [4.78, 5) is 0. The topological polar surface area (TPSA) is 26.0 Å². The fourth-order valence-electron chi connectivity index (χ4n) is 4.13. The minimum absolute atomic E-state index is 0.747. The van der Waals surface area contributed by atoms with Gasteiger partial charge in [0.1, 0.15) is 0 Å². The molecule has 3 unspecified atom stereocenters. The molecule has 116 valence electrons. The normalized spacial score (nSPS) is 30.6. The first-order valence-corrected chi connectivity index (χ1v) is 9.78. The maximum atomic E-state index is 6.05. The number of thioether (sulfide) groups is 1. The Bertz CT molecular complexity index is 413. The lowest BCUT2D eigenvalue weighted by atomic mass is 9.78. The third kappa shape index (κ3) is 4.04. The van der Waals surface area contributed by atoms with Gasteiger partial charge in [0.15, 0.2) is 0 Å². The summed E-state index contributed by atoms with van der Waals surface area (Å²) >= 11 is 2.25. The highest BCUT2D eigenvalue weighted by Crippen LogP contribution is 2.42. The predicted molar refractivity (Wildman–Crippen MR) is 93.8 cm³/mol. The van der Waals surface area contributed by atoms with Gasteiger partial charge in [-0.3, -0.25) is 0 Å². The Hall–Kier alpha value is -0.470. The van der Waals surface area contributed by atoms with Crippen molar-refractivity contribution >= 4 is 11.8 Å². The van der Waals surface area contributed by atoms with Gasteiger partial charge in [-0.15, -0.1) is 0 Å².